The van der Waals surface area contributed by atoms with Crippen LogP contribution in [0.15, 0.2) is 0 Å². The lowest BCUT2D eigenvalue weighted by Crippen LogP contribution is -2.34. The maximum atomic E-state index is 11.4. The van der Waals surface area contributed by atoms with E-state index in [1.54, 1.807) is 0 Å². The zero-order chi connectivity index (χ0) is 9.22. The van der Waals surface area contributed by atoms with E-state index in [0.717, 1.165) is 12.8 Å². The molecule has 0 aromatic carbocycles. The Morgan fingerprint density at radius 1 is 1.31 bits per heavy atom. The normalized spacial score (nSPS) is 50.6. The average molecular weight is 203 g/mol. The van der Waals surface area contributed by atoms with Gasteiger partial charge in [0.1, 0.15) is 5.25 Å². The van der Waals surface area contributed by atoms with E-state index in [0.29, 0.717) is 0 Å². The molecular formula is C7H9NO4S. The molecule has 0 aliphatic carbocycles. The molecule has 3 heterocycles. The Morgan fingerprint density at radius 2 is 2.00 bits per heavy atom. The second-order valence-corrected chi connectivity index (χ2v) is 5.63. The fourth-order valence-electron chi connectivity index (χ4n) is 2.62. The zero-order valence-electron chi connectivity index (χ0n) is 6.76. The summed E-state index contributed by atoms with van der Waals surface area (Å²) in [5.41, 5.74) is 0. The highest BCUT2D eigenvalue weighted by atomic mass is 32.2. The van der Waals surface area contributed by atoms with Gasteiger partial charge >= 0.3 is 0 Å². The van der Waals surface area contributed by atoms with E-state index >= 15 is 0 Å². The number of rotatable bonds is 0. The minimum absolute atomic E-state index is 0.160. The van der Waals surface area contributed by atoms with E-state index in [-0.39, 0.29) is 18.1 Å². The first-order valence-electron chi connectivity index (χ1n) is 4.30. The molecular weight excluding hydrogens is 194 g/mol. The van der Waals surface area contributed by atoms with Crippen LogP contribution in [0.2, 0.25) is 0 Å². The van der Waals surface area contributed by atoms with Crippen LogP contribution in [0.3, 0.4) is 0 Å². The highest BCUT2D eigenvalue weighted by Crippen LogP contribution is 2.45. The predicted octanol–water partition coefficient (Wildman–Crippen LogP) is -1.01. The Balaban J connectivity index is 2.11. The summed E-state index contributed by atoms with van der Waals surface area (Å²) in [7, 11) is -3.43. The van der Waals surface area contributed by atoms with Crippen LogP contribution >= 0.6 is 0 Å². The summed E-state index contributed by atoms with van der Waals surface area (Å²) in [6, 6.07) is 0. The fraction of sp³-hybridized carbons (Fsp3) is 0.857. The highest BCUT2D eigenvalue weighted by Gasteiger charge is 2.62. The van der Waals surface area contributed by atoms with Crippen LogP contribution in [0.1, 0.15) is 12.8 Å². The van der Waals surface area contributed by atoms with Gasteiger partial charge in [-0.3, -0.25) is 9.52 Å². The van der Waals surface area contributed by atoms with E-state index in [1.807, 2.05) is 4.72 Å². The summed E-state index contributed by atoms with van der Waals surface area (Å²) < 4.78 is 30.3. The lowest BCUT2D eigenvalue weighted by Gasteiger charge is -2.15. The topological polar surface area (TPSA) is 72.5 Å². The Bertz CT molecular complexity index is 376. The van der Waals surface area contributed by atoms with Crippen LogP contribution in [-0.2, 0) is 19.6 Å². The minimum atomic E-state index is -3.43. The summed E-state index contributed by atoms with van der Waals surface area (Å²) in [5.74, 6) is -0.819. The van der Waals surface area contributed by atoms with Crippen LogP contribution in [0.25, 0.3) is 0 Å². The van der Waals surface area contributed by atoms with Crippen LogP contribution in [0.4, 0.5) is 0 Å². The number of ether oxygens (including phenoxy) is 1. The van der Waals surface area contributed by atoms with Crippen molar-refractivity contribution in [3.8, 4) is 0 Å². The van der Waals surface area contributed by atoms with Gasteiger partial charge in [-0.15, -0.1) is 0 Å². The van der Waals surface area contributed by atoms with Gasteiger partial charge in [-0.2, -0.15) is 0 Å². The molecule has 4 atom stereocenters. The molecule has 1 N–H and O–H groups in total. The lowest BCUT2D eigenvalue weighted by molar-refractivity contribution is -0.123. The molecule has 13 heavy (non-hydrogen) atoms. The number of sulfonamides is 1. The smallest absolute Gasteiger partial charge is 0.241 e. The molecule has 5 nitrogen and oxygen atoms in total. The van der Waals surface area contributed by atoms with Crippen molar-refractivity contribution in [3.63, 3.8) is 0 Å². The van der Waals surface area contributed by atoms with Gasteiger partial charge in [-0.1, -0.05) is 0 Å². The van der Waals surface area contributed by atoms with Crippen molar-refractivity contribution in [1.82, 2.24) is 4.72 Å². The van der Waals surface area contributed by atoms with E-state index < -0.39 is 21.2 Å². The number of amides is 1. The van der Waals surface area contributed by atoms with Crippen LogP contribution in [0.5, 0.6) is 0 Å². The number of fused-ring (bicyclic) bond motifs is 5. The van der Waals surface area contributed by atoms with Crippen molar-refractivity contribution < 1.29 is 17.9 Å². The Kier molecular flexibility index (Phi) is 1.23. The number of nitrogens with one attached hydrogen (secondary N) is 1. The molecule has 72 valence electrons. The summed E-state index contributed by atoms with van der Waals surface area (Å²) in [4.78, 5) is 11.3. The SMILES string of the molecule is O=C1NS(=O)(=O)[C@H]2[C@@H]1[C@H]1CC[C@@H]2O1. The van der Waals surface area contributed by atoms with Gasteiger partial charge in [-0.05, 0) is 12.8 Å². The predicted molar refractivity (Wildman–Crippen MR) is 42.2 cm³/mol. The molecule has 0 aromatic rings. The van der Waals surface area contributed by atoms with Gasteiger partial charge in [0.05, 0.1) is 18.1 Å². The van der Waals surface area contributed by atoms with Gasteiger partial charge in [0.25, 0.3) is 0 Å². The third kappa shape index (κ3) is 0.800. The van der Waals surface area contributed by atoms with Gasteiger partial charge in [0.2, 0.25) is 15.9 Å². The van der Waals surface area contributed by atoms with E-state index in [9.17, 15) is 13.2 Å². The molecule has 3 aliphatic rings. The first-order chi connectivity index (χ1) is 6.09. The third-order valence-corrected chi connectivity index (χ3v) is 4.91. The zero-order valence-corrected chi connectivity index (χ0v) is 7.58. The van der Waals surface area contributed by atoms with E-state index in [1.165, 1.54) is 0 Å². The van der Waals surface area contributed by atoms with Crippen molar-refractivity contribution in [1.29, 1.82) is 0 Å². The van der Waals surface area contributed by atoms with E-state index in [4.69, 9.17) is 4.74 Å². The summed E-state index contributed by atoms with van der Waals surface area (Å²) in [6.07, 6.45) is 1.17. The largest absolute Gasteiger partial charge is 0.373 e. The molecule has 3 rings (SSSR count). The van der Waals surface area contributed by atoms with Crippen LogP contribution in [-0.4, -0.2) is 31.8 Å². The quantitative estimate of drug-likeness (QED) is 0.547. The second kappa shape index (κ2) is 2.06. The molecule has 1 amide bonds. The molecule has 6 heteroatoms. The van der Waals surface area contributed by atoms with Gasteiger partial charge in [0, 0.05) is 0 Å². The Morgan fingerprint density at radius 3 is 2.69 bits per heavy atom. The number of hydrogen-bond acceptors (Lipinski definition) is 4. The van der Waals surface area contributed by atoms with Crippen LogP contribution in [0, 0.1) is 5.92 Å². The molecule has 0 unspecified atom stereocenters. The standard InChI is InChI=1S/C7H9NO4S/c9-7-5-3-1-2-4(12-3)6(5)13(10,11)8-7/h3-6H,1-2H2,(H,8,9)/t3-,4+,5+,6-/m1/s1. The van der Waals surface area contributed by atoms with Crippen molar-refractivity contribution in [2.24, 2.45) is 5.92 Å². The molecule has 0 saturated carbocycles. The Hall–Kier alpha value is -0.620. The van der Waals surface area contributed by atoms with E-state index in [2.05, 4.69) is 0 Å². The first-order valence-corrected chi connectivity index (χ1v) is 5.85. The molecule has 3 saturated heterocycles. The molecule has 0 aromatic heterocycles. The van der Waals surface area contributed by atoms with Gasteiger partial charge < -0.3 is 4.74 Å². The monoisotopic (exact) mass is 203 g/mol. The molecule has 2 bridgehead atoms. The minimum Gasteiger partial charge on any atom is -0.373 e. The lowest BCUT2D eigenvalue weighted by atomic mass is 9.88. The van der Waals surface area contributed by atoms with Crippen molar-refractivity contribution in [2.75, 3.05) is 0 Å². The maximum absolute atomic E-state index is 11.4. The molecule has 0 radical (unpaired) electrons. The first kappa shape index (κ1) is 7.75. The third-order valence-electron chi connectivity index (χ3n) is 3.11. The molecule has 0 spiro atoms. The fourth-order valence-corrected chi connectivity index (χ4v) is 4.46. The number of carbonyl (C=O) groups is 1. The summed E-state index contributed by atoms with van der Waals surface area (Å²) >= 11 is 0. The van der Waals surface area contributed by atoms with Gasteiger partial charge in [-0.25, -0.2) is 8.42 Å². The number of hydrogen-bond donors (Lipinski definition) is 1. The van der Waals surface area contributed by atoms with Crippen molar-refractivity contribution in [2.45, 2.75) is 30.3 Å². The maximum Gasteiger partial charge on any atom is 0.241 e. The highest BCUT2D eigenvalue weighted by molar-refractivity contribution is 7.91. The van der Waals surface area contributed by atoms with Crippen LogP contribution < -0.4 is 4.72 Å². The summed E-state index contributed by atoms with van der Waals surface area (Å²) in [5, 5.41) is -0.612. The van der Waals surface area contributed by atoms with Gasteiger partial charge in [0.15, 0.2) is 0 Å². The summed E-state index contributed by atoms with van der Waals surface area (Å²) in [6.45, 7) is 0. The van der Waals surface area contributed by atoms with Crippen molar-refractivity contribution in [3.05, 3.63) is 0 Å². The Labute approximate surface area is 75.5 Å². The number of carbonyl (C=O) groups excluding carboxylic acids is 1. The molecule has 3 fully saturated rings. The second-order valence-electron chi connectivity index (χ2n) is 3.79. The average Bonchev–Trinajstić information content (AvgIpc) is 2.63. The molecule has 3 aliphatic heterocycles. The van der Waals surface area contributed by atoms with Crippen molar-refractivity contribution >= 4 is 15.9 Å².